The molecule has 1 heterocycles. The Hall–Kier alpha value is -0.100. The monoisotopic (exact) mass is 268 g/mol. The number of alkyl halides is 1. The molecule has 0 fully saturated rings. The van der Waals surface area contributed by atoms with Crippen molar-refractivity contribution < 1.29 is 9.84 Å². The summed E-state index contributed by atoms with van der Waals surface area (Å²) in [6.07, 6.45) is -0.614. The lowest BCUT2D eigenvalue weighted by molar-refractivity contribution is -0.0196. The van der Waals surface area contributed by atoms with Crippen molar-refractivity contribution in [3.63, 3.8) is 0 Å². The molecule has 0 aromatic carbocycles. The molecule has 0 aromatic heterocycles. The van der Waals surface area contributed by atoms with Crippen LogP contribution in [0, 0.1) is 0 Å². The van der Waals surface area contributed by atoms with Gasteiger partial charge in [-0.2, -0.15) is 0 Å². The zero-order chi connectivity index (χ0) is 10.0. The molecule has 6 heteroatoms. The zero-order valence-corrected chi connectivity index (χ0v) is 9.34. The smallest absolute Gasteiger partial charge is 0.199 e. The molecule has 0 radical (unpaired) electrons. The van der Waals surface area contributed by atoms with Gasteiger partial charge in [-0.25, -0.2) is 0 Å². The molecule has 1 aliphatic rings. The Balaban J connectivity index is 2.93. The van der Waals surface area contributed by atoms with E-state index in [2.05, 4.69) is 20.9 Å². The summed E-state index contributed by atoms with van der Waals surface area (Å²) in [5.41, 5.74) is 6.13. The van der Waals surface area contributed by atoms with Gasteiger partial charge in [0.1, 0.15) is 11.2 Å². The van der Waals surface area contributed by atoms with Gasteiger partial charge in [-0.3, -0.25) is 4.99 Å². The average Bonchev–Trinajstić information content (AvgIpc) is 2.10. The van der Waals surface area contributed by atoms with Crippen LogP contribution in [0.15, 0.2) is 15.2 Å². The van der Waals surface area contributed by atoms with Crippen LogP contribution < -0.4 is 5.73 Å². The van der Waals surface area contributed by atoms with E-state index in [1.165, 1.54) is 7.11 Å². The van der Waals surface area contributed by atoms with E-state index in [1.807, 2.05) is 0 Å². The maximum absolute atomic E-state index is 9.36. The highest BCUT2D eigenvalue weighted by Gasteiger charge is 2.24. The molecule has 0 spiro atoms. The molecular weight excluding hydrogens is 259 g/mol. The van der Waals surface area contributed by atoms with Gasteiger partial charge in [0.15, 0.2) is 6.29 Å². The lowest BCUT2D eigenvalue weighted by Crippen LogP contribution is -2.29. The fourth-order valence-corrected chi connectivity index (χ4v) is 1.70. The number of nitrogens with zero attached hydrogens (tertiary/aromatic N) is 1. The van der Waals surface area contributed by atoms with Crippen LogP contribution in [-0.2, 0) is 4.74 Å². The van der Waals surface area contributed by atoms with E-state index in [0.717, 1.165) is 0 Å². The lowest BCUT2D eigenvalue weighted by Gasteiger charge is -2.20. The van der Waals surface area contributed by atoms with Crippen molar-refractivity contribution in [2.45, 2.75) is 18.2 Å². The first-order valence-corrected chi connectivity index (χ1v) is 4.86. The summed E-state index contributed by atoms with van der Waals surface area (Å²) in [5, 5.41) is 9.36. The summed E-state index contributed by atoms with van der Waals surface area (Å²) in [6.45, 7) is 0. The van der Waals surface area contributed by atoms with Gasteiger partial charge in [0.2, 0.25) is 0 Å². The first-order valence-electron chi connectivity index (χ1n) is 3.63. The third-order valence-corrected chi connectivity index (χ3v) is 2.80. The van der Waals surface area contributed by atoms with Crippen molar-refractivity contribution in [2.24, 2.45) is 10.7 Å². The molecule has 0 saturated carbocycles. The molecule has 13 heavy (non-hydrogen) atoms. The standard InChI is InChI=1S/C7H10BrClN2O2/c1-13-7(12)6-5(8)3(10)2-4(9)11-6/h4,7,12H,2,10H2,1H3. The van der Waals surface area contributed by atoms with Crippen LogP contribution in [0.5, 0.6) is 0 Å². The molecule has 0 bridgehead atoms. The van der Waals surface area contributed by atoms with Crippen molar-refractivity contribution in [3.8, 4) is 0 Å². The molecule has 3 N–H and O–H groups in total. The lowest BCUT2D eigenvalue weighted by atomic mass is 10.2. The highest BCUT2D eigenvalue weighted by Crippen LogP contribution is 2.25. The molecule has 4 nitrogen and oxygen atoms in total. The van der Waals surface area contributed by atoms with Crippen LogP contribution >= 0.6 is 27.5 Å². The number of aliphatic imine (C=N–C) groups is 1. The minimum atomic E-state index is -1.09. The second kappa shape index (κ2) is 4.41. The van der Waals surface area contributed by atoms with E-state index >= 15 is 0 Å². The Morgan fingerprint density at radius 2 is 2.46 bits per heavy atom. The predicted octanol–water partition coefficient (Wildman–Crippen LogP) is 0.926. The number of dihydropyridines is 1. The van der Waals surface area contributed by atoms with Crippen LogP contribution in [0.2, 0.25) is 0 Å². The fraction of sp³-hybridized carbons (Fsp3) is 0.571. The van der Waals surface area contributed by atoms with Crippen molar-refractivity contribution in [1.82, 2.24) is 0 Å². The molecule has 1 rings (SSSR count). The van der Waals surface area contributed by atoms with Crippen LogP contribution in [0.1, 0.15) is 6.42 Å². The highest BCUT2D eigenvalue weighted by molar-refractivity contribution is 9.12. The third-order valence-electron chi connectivity index (χ3n) is 1.63. The van der Waals surface area contributed by atoms with Gasteiger partial charge in [-0.15, -0.1) is 0 Å². The normalized spacial score (nSPS) is 25.8. The van der Waals surface area contributed by atoms with Crippen molar-refractivity contribution in [3.05, 3.63) is 10.2 Å². The number of ether oxygens (including phenoxy) is 1. The summed E-state index contributed by atoms with van der Waals surface area (Å²) >= 11 is 9.00. The summed E-state index contributed by atoms with van der Waals surface area (Å²) in [6, 6.07) is 0. The van der Waals surface area contributed by atoms with Crippen molar-refractivity contribution in [2.75, 3.05) is 7.11 Å². The average molecular weight is 270 g/mol. The van der Waals surface area contributed by atoms with Gasteiger partial charge in [0, 0.05) is 19.2 Å². The Bertz CT molecular complexity index is 267. The number of halogens is 2. The predicted molar refractivity (Wildman–Crippen MR) is 54.8 cm³/mol. The number of hydrogen-bond donors (Lipinski definition) is 2. The Morgan fingerprint density at radius 3 is 3.00 bits per heavy atom. The number of hydrogen-bond acceptors (Lipinski definition) is 4. The van der Waals surface area contributed by atoms with Crippen molar-refractivity contribution in [1.29, 1.82) is 0 Å². The molecule has 1 aliphatic heterocycles. The van der Waals surface area contributed by atoms with Crippen LogP contribution in [0.25, 0.3) is 0 Å². The Kier molecular flexibility index (Phi) is 3.73. The van der Waals surface area contributed by atoms with E-state index in [-0.39, 0.29) is 0 Å². The molecule has 0 aromatic rings. The molecule has 0 aliphatic carbocycles. The summed E-state index contributed by atoms with van der Waals surface area (Å²) < 4.78 is 5.27. The summed E-state index contributed by atoms with van der Waals surface area (Å²) in [5.74, 6) is 0. The van der Waals surface area contributed by atoms with E-state index < -0.39 is 11.8 Å². The van der Waals surface area contributed by atoms with Crippen LogP contribution in [0.4, 0.5) is 0 Å². The Morgan fingerprint density at radius 1 is 1.85 bits per heavy atom. The number of methoxy groups -OCH3 is 1. The van der Waals surface area contributed by atoms with Gasteiger partial charge >= 0.3 is 0 Å². The maximum Gasteiger partial charge on any atom is 0.199 e. The first kappa shape index (κ1) is 11.0. The molecule has 2 atom stereocenters. The number of rotatable bonds is 2. The summed E-state index contributed by atoms with van der Waals surface area (Å²) in [7, 11) is 1.38. The van der Waals surface area contributed by atoms with Gasteiger partial charge < -0.3 is 15.6 Å². The quantitative estimate of drug-likeness (QED) is 0.445. The van der Waals surface area contributed by atoms with Gasteiger partial charge in [-0.1, -0.05) is 11.6 Å². The van der Waals surface area contributed by atoms with E-state index in [0.29, 0.717) is 22.3 Å². The largest absolute Gasteiger partial charge is 0.401 e. The summed E-state index contributed by atoms with van der Waals surface area (Å²) in [4.78, 5) is 4.01. The second-order valence-corrected chi connectivity index (χ2v) is 3.88. The molecule has 0 amide bonds. The number of aliphatic hydroxyl groups is 1. The topological polar surface area (TPSA) is 67.8 Å². The molecule has 0 saturated heterocycles. The van der Waals surface area contributed by atoms with Gasteiger partial charge in [0.25, 0.3) is 0 Å². The van der Waals surface area contributed by atoms with Gasteiger partial charge in [0.05, 0.1) is 4.48 Å². The second-order valence-electron chi connectivity index (χ2n) is 2.58. The SMILES string of the molecule is COC(O)C1=NC(Cl)CC(N)=C1Br. The molecule has 74 valence electrons. The minimum Gasteiger partial charge on any atom is -0.401 e. The van der Waals surface area contributed by atoms with E-state index in [1.54, 1.807) is 0 Å². The van der Waals surface area contributed by atoms with Gasteiger partial charge in [-0.05, 0) is 15.9 Å². The zero-order valence-electron chi connectivity index (χ0n) is 7.00. The minimum absolute atomic E-state index is 0.339. The molecule has 2 unspecified atom stereocenters. The number of nitrogens with two attached hydrogens (primary N) is 1. The third kappa shape index (κ3) is 2.43. The number of aliphatic hydroxyl groups excluding tert-OH is 1. The van der Waals surface area contributed by atoms with Crippen LogP contribution in [-0.4, -0.2) is 29.7 Å². The van der Waals surface area contributed by atoms with Crippen LogP contribution in [0.3, 0.4) is 0 Å². The fourth-order valence-electron chi connectivity index (χ4n) is 0.973. The highest BCUT2D eigenvalue weighted by atomic mass is 79.9. The first-order chi connectivity index (χ1) is 6.06. The van der Waals surface area contributed by atoms with Crippen molar-refractivity contribution >= 4 is 33.2 Å². The Labute approximate surface area is 89.5 Å². The maximum atomic E-state index is 9.36. The molecular formula is C7H10BrClN2O2. The van der Waals surface area contributed by atoms with E-state index in [4.69, 9.17) is 22.1 Å². The van der Waals surface area contributed by atoms with E-state index in [9.17, 15) is 5.11 Å².